The van der Waals surface area contributed by atoms with E-state index >= 15 is 0 Å². The quantitative estimate of drug-likeness (QED) is 0.467. The normalized spacial score (nSPS) is 17.7. The Morgan fingerprint density at radius 1 is 1.14 bits per heavy atom. The fourth-order valence-corrected chi connectivity index (χ4v) is 4.31. The van der Waals surface area contributed by atoms with Crippen LogP contribution in [0, 0.1) is 23.1 Å². The maximum atomic E-state index is 14.2. The molecule has 1 aromatic heterocycles. The summed E-state index contributed by atoms with van der Waals surface area (Å²) in [7, 11) is 1.51. The minimum absolute atomic E-state index is 0.0360. The summed E-state index contributed by atoms with van der Waals surface area (Å²) in [6.07, 6.45) is -4.78. The zero-order chi connectivity index (χ0) is 26.6. The molecule has 0 radical (unpaired) electrons. The van der Waals surface area contributed by atoms with E-state index in [-0.39, 0.29) is 60.4 Å². The third kappa shape index (κ3) is 5.97. The molecule has 2 atom stereocenters. The smallest absolute Gasteiger partial charge is 0.357 e. The predicted octanol–water partition coefficient (Wildman–Crippen LogP) is 4.66. The van der Waals surface area contributed by atoms with Gasteiger partial charge in [-0.2, -0.15) is 23.4 Å². The van der Waals surface area contributed by atoms with Gasteiger partial charge in [0.05, 0.1) is 17.2 Å². The molecule has 7 nitrogen and oxygen atoms in total. The zero-order valence-corrected chi connectivity index (χ0v) is 19.9. The number of benzene rings is 2. The predicted molar refractivity (Wildman–Crippen MR) is 130 cm³/mol. The van der Waals surface area contributed by atoms with Crippen molar-refractivity contribution in [1.82, 2.24) is 15.3 Å². The van der Waals surface area contributed by atoms with E-state index in [4.69, 9.17) is 5.26 Å². The van der Waals surface area contributed by atoms with Gasteiger partial charge in [0.25, 0.3) is 0 Å². The Balaban J connectivity index is 1.64. The van der Waals surface area contributed by atoms with Crippen molar-refractivity contribution < 1.29 is 22.4 Å². The van der Waals surface area contributed by atoms with Gasteiger partial charge in [0.15, 0.2) is 0 Å². The van der Waals surface area contributed by atoms with Gasteiger partial charge in [-0.15, -0.1) is 0 Å². The van der Waals surface area contributed by atoms with Crippen LogP contribution in [0.15, 0.2) is 54.6 Å². The molecule has 1 aliphatic rings. The number of hydrogen-bond acceptors (Lipinski definition) is 6. The summed E-state index contributed by atoms with van der Waals surface area (Å²) in [5.41, 5.74) is 1.17. The summed E-state index contributed by atoms with van der Waals surface area (Å²) in [6, 6.07) is 14.3. The number of aromatic nitrogens is 2. The second kappa shape index (κ2) is 10.8. The fourth-order valence-electron chi connectivity index (χ4n) is 4.31. The van der Waals surface area contributed by atoms with Crippen LogP contribution in [0.2, 0.25) is 0 Å². The molecule has 0 spiro atoms. The Bertz CT molecular complexity index is 1310. The third-order valence-corrected chi connectivity index (χ3v) is 6.26. The molecule has 0 unspecified atom stereocenters. The average molecular weight is 513 g/mol. The first kappa shape index (κ1) is 25.9. The standard InChI is InChI=1S/C26H24F4N6O/c1-32-25-34-21(17-7-8-18(13-31)20(27)11-17)12-23(35-25)36-15-19(9-10-22(36)26(28,29)30)24(37)33-14-16-5-3-2-4-6-16/h2-8,11-12,19,22H,9-10,14-15H2,1H3,(H,33,37)(H,32,34,35)/t19-,22-/m0/s1. The average Bonchev–Trinajstić information content (AvgIpc) is 2.91. The molecule has 37 heavy (non-hydrogen) atoms. The first-order valence-corrected chi connectivity index (χ1v) is 11.6. The van der Waals surface area contributed by atoms with Crippen molar-refractivity contribution in [3.8, 4) is 17.3 Å². The molecule has 0 saturated carbocycles. The van der Waals surface area contributed by atoms with Gasteiger partial charge < -0.3 is 15.5 Å². The summed E-state index contributed by atoms with van der Waals surface area (Å²) in [5, 5.41) is 14.5. The number of halogens is 4. The molecule has 1 saturated heterocycles. The van der Waals surface area contributed by atoms with E-state index in [1.54, 1.807) is 6.07 Å². The van der Waals surface area contributed by atoms with Crippen LogP contribution in [0.25, 0.3) is 11.3 Å². The van der Waals surface area contributed by atoms with Gasteiger partial charge in [0.1, 0.15) is 23.7 Å². The molecule has 2 aromatic carbocycles. The van der Waals surface area contributed by atoms with E-state index in [1.165, 1.54) is 25.2 Å². The molecule has 1 fully saturated rings. The van der Waals surface area contributed by atoms with E-state index in [0.717, 1.165) is 16.5 Å². The molecule has 4 rings (SSSR count). The monoisotopic (exact) mass is 512 g/mol. The summed E-state index contributed by atoms with van der Waals surface area (Å²) >= 11 is 0. The second-order valence-corrected chi connectivity index (χ2v) is 8.68. The summed E-state index contributed by atoms with van der Waals surface area (Å²) in [5.74, 6) is -1.80. The minimum Gasteiger partial charge on any atom is -0.357 e. The van der Waals surface area contributed by atoms with Crippen LogP contribution in [0.5, 0.6) is 0 Å². The number of piperidine rings is 1. The van der Waals surface area contributed by atoms with Gasteiger partial charge in [-0.25, -0.2) is 9.37 Å². The fraction of sp³-hybridized carbons (Fsp3) is 0.308. The molecular weight excluding hydrogens is 488 g/mol. The zero-order valence-electron chi connectivity index (χ0n) is 19.9. The first-order valence-electron chi connectivity index (χ1n) is 11.6. The molecule has 2 N–H and O–H groups in total. The second-order valence-electron chi connectivity index (χ2n) is 8.68. The largest absolute Gasteiger partial charge is 0.408 e. The van der Waals surface area contributed by atoms with Crippen LogP contribution >= 0.6 is 0 Å². The van der Waals surface area contributed by atoms with Gasteiger partial charge in [-0.1, -0.05) is 36.4 Å². The lowest BCUT2D eigenvalue weighted by Crippen LogP contribution is -2.54. The number of alkyl halides is 3. The van der Waals surface area contributed by atoms with Crippen molar-refractivity contribution in [3.63, 3.8) is 0 Å². The Hall–Kier alpha value is -4.20. The van der Waals surface area contributed by atoms with E-state index in [0.29, 0.717) is 0 Å². The van der Waals surface area contributed by atoms with Crippen LogP contribution in [-0.2, 0) is 11.3 Å². The number of hydrogen-bond donors (Lipinski definition) is 2. The van der Waals surface area contributed by atoms with Crippen LogP contribution in [0.3, 0.4) is 0 Å². The maximum absolute atomic E-state index is 14.2. The maximum Gasteiger partial charge on any atom is 0.408 e. The van der Waals surface area contributed by atoms with Crippen LogP contribution < -0.4 is 15.5 Å². The van der Waals surface area contributed by atoms with Gasteiger partial charge >= 0.3 is 6.18 Å². The lowest BCUT2D eigenvalue weighted by Gasteiger charge is -2.40. The molecular formula is C26H24F4N6O. The van der Waals surface area contributed by atoms with Crippen molar-refractivity contribution in [2.24, 2.45) is 5.92 Å². The van der Waals surface area contributed by atoms with Gasteiger partial charge in [-0.05, 0) is 30.5 Å². The van der Waals surface area contributed by atoms with E-state index < -0.39 is 24.0 Å². The Morgan fingerprint density at radius 3 is 2.54 bits per heavy atom. The van der Waals surface area contributed by atoms with Gasteiger partial charge in [0, 0.05) is 31.8 Å². The van der Waals surface area contributed by atoms with Gasteiger partial charge in [0.2, 0.25) is 11.9 Å². The number of rotatable bonds is 6. The third-order valence-electron chi connectivity index (χ3n) is 6.26. The molecule has 0 aliphatic carbocycles. The molecule has 1 aliphatic heterocycles. The number of amides is 1. The summed E-state index contributed by atoms with van der Waals surface area (Å²) in [6.45, 7) is 0.0663. The first-order chi connectivity index (χ1) is 17.7. The number of anilines is 2. The van der Waals surface area contributed by atoms with Crippen molar-refractivity contribution >= 4 is 17.7 Å². The Morgan fingerprint density at radius 2 is 1.89 bits per heavy atom. The van der Waals surface area contributed by atoms with Crippen molar-refractivity contribution in [1.29, 1.82) is 5.26 Å². The summed E-state index contributed by atoms with van der Waals surface area (Å²) in [4.78, 5) is 22.4. The lowest BCUT2D eigenvalue weighted by molar-refractivity contribution is -0.156. The Labute approximate surface area is 211 Å². The van der Waals surface area contributed by atoms with E-state index in [1.807, 2.05) is 30.3 Å². The highest BCUT2D eigenvalue weighted by molar-refractivity contribution is 5.79. The van der Waals surface area contributed by atoms with Crippen LogP contribution in [0.4, 0.5) is 29.3 Å². The topological polar surface area (TPSA) is 93.9 Å². The lowest BCUT2D eigenvalue weighted by atomic mass is 9.91. The number of carbonyl (C=O) groups excluding carboxylic acids is 1. The summed E-state index contributed by atoms with van der Waals surface area (Å²) < 4.78 is 56.3. The van der Waals surface area contributed by atoms with E-state index in [2.05, 4.69) is 20.6 Å². The minimum atomic E-state index is -4.56. The van der Waals surface area contributed by atoms with E-state index in [9.17, 15) is 22.4 Å². The number of nitrogens with one attached hydrogen (secondary N) is 2. The highest BCUT2D eigenvalue weighted by Gasteiger charge is 2.48. The number of nitriles is 1. The molecule has 2 heterocycles. The highest BCUT2D eigenvalue weighted by Crippen LogP contribution is 2.37. The number of nitrogens with zero attached hydrogens (tertiary/aromatic N) is 4. The molecule has 1 amide bonds. The SMILES string of the molecule is CNc1nc(-c2ccc(C#N)c(F)c2)cc(N2C[C@@H](C(=O)NCc3ccccc3)CC[C@H]2C(F)(F)F)n1. The number of carbonyl (C=O) groups is 1. The molecule has 11 heteroatoms. The van der Waals surface area contributed by atoms with Gasteiger partial charge in [-0.3, -0.25) is 4.79 Å². The van der Waals surface area contributed by atoms with Crippen molar-refractivity contribution in [2.75, 3.05) is 23.8 Å². The molecule has 3 aromatic rings. The van der Waals surface area contributed by atoms with Crippen LogP contribution in [-0.4, -0.2) is 41.7 Å². The highest BCUT2D eigenvalue weighted by atomic mass is 19.4. The molecule has 0 bridgehead atoms. The Kier molecular flexibility index (Phi) is 7.57. The van der Waals surface area contributed by atoms with Crippen LogP contribution in [0.1, 0.15) is 24.0 Å². The van der Waals surface area contributed by atoms with Crippen molar-refractivity contribution in [3.05, 3.63) is 71.5 Å². The van der Waals surface area contributed by atoms with Crippen molar-refractivity contribution in [2.45, 2.75) is 31.6 Å². The molecule has 192 valence electrons.